The largest absolute Gasteiger partial charge is 0.406 e. The van der Waals surface area contributed by atoms with Gasteiger partial charge in [0.25, 0.3) is 0 Å². The highest BCUT2D eigenvalue weighted by atomic mass is 19.4. The zero-order valence-corrected chi connectivity index (χ0v) is 15.0. The minimum absolute atomic E-state index is 0.0107. The van der Waals surface area contributed by atoms with Gasteiger partial charge in [0.15, 0.2) is 0 Å². The maximum absolute atomic E-state index is 12.9. The fourth-order valence-corrected chi connectivity index (χ4v) is 3.01. The lowest BCUT2D eigenvalue weighted by Gasteiger charge is -2.28. The molecule has 2 aromatic carbocycles. The van der Waals surface area contributed by atoms with Crippen LogP contribution in [0.25, 0.3) is 0 Å². The molecule has 140 valence electrons. The number of rotatable bonds is 7. The second kappa shape index (κ2) is 8.88. The third-order valence-corrected chi connectivity index (χ3v) is 4.09. The number of nitrogens with zero attached hydrogens (tertiary/aromatic N) is 1. The number of carbonyl (C=O) groups excluding carboxylic acids is 1. The number of hydrogen-bond donors (Lipinski definition) is 0. The Labute approximate surface area is 152 Å². The molecule has 0 aliphatic rings. The number of amides is 1. The van der Waals surface area contributed by atoms with Crippen LogP contribution < -0.4 is 0 Å². The Morgan fingerprint density at radius 2 is 1.38 bits per heavy atom. The summed E-state index contributed by atoms with van der Waals surface area (Å²) in [6, 6.07) is 18.9. The van der Waals surface area contributed by atoms with Gasteiger partial charge in [-0.1, -0.05) is 74.5 Å². The summed E-state index contributed by atoms with van der Waals surface area (Å²) in [6.07, 6.45) is -4.39. The van der Waals surface area contributed by atoms with Crippen molar-refractivity contribution in [1.29, 1.82) is 0 Å². The van der Waals surface area contributed by atoms with Crippen LogP contribution in [-0.4, -0.2) is 30.1 Å². The van der Waals surface area contributed by atoms with Crippen molar-refractivity contribution in [1.82, 2.24) is 4.90 Å². The highest BCUT2D eigenvalue weighted by molar-refractivity contribution is 5.78. The van der Waals surface area contributed by atoms with E-state index < -0.39 is 18.6 Å². The van der Waals surface area contributed by atoms with Crippen LogP contribution in [0, 0.1) is 5.92 Å². The molecule has 0 aliphatic heterocycles. The van der Waals surface area contributed by atoms with Crippen LogP contribution in [0.2, 0.25) is 0 Å². The molecule has 5 heteroatoms. The van der Waals surface area contributed by atoms with E-state index >= 15 is 0 Å². The van der Waals surface area contributed by atoms with Crippen molar-refractivity contribution < 1.29 is 18.0 Å². The molecule has 26 heavy (non-hydrogen) atoms. The van der Waals surface area contributed by atoms with E-state index in [1.165, 1.54) is 0 Å². The van der Waals surface area contributed by atoms with Gasteiger partial charge in [0.05, 0.1) is 0 Å². The van der Waals surface area contributed by atoms with Gasteiger partial charge in [0.2, 0.25) is 5.91 Å². The van der Waals surface area contributed by atoms with Crippen molar-refractivity contribution in [3.05, 3.63) is 71.8 Å². The smallest absolute Gasteiger partial charge is 0.333 e. The number of hydrogen-bond acceptors (Lipinski definition) is 1. The average Bonchev–Trinajstić information content (AvgIpc) is 2.59. The van der Waals surface area contributed by atoms with Gasteiger partial charge in [-0.05, 0) is 17.0 Å². The molecule has 0 aliphatic carbocycles. The molecule has 0 radical (unpaired) electrons. The standard InChI is InChI=1S/C21H24F3NO/c1-16(2)14-25(15-21(22,23)24)20(26)13-19(17-9-5-3-6-10-17)18-11-7-4-8-12-18/h3-12,16,19H,13-15H2,1-2H3. The number of halogens is 3. The van der Waals surface area contributed by atoms with Crippen molar-refractivity contribution in [2.45, 2.75) is 32.4 Å². The van der Waals surface area contributed by atoms with Crippen molar-refractivity contribution in [2.24, 2.45) is 5.92 Å². The molecule has 0 aromatic heterocycles. The van der Waals surface area contributed by atoms with Gasteiger partial charge in [-0.15, -0.1) is 0 Å². The van der Waals surface area contributed by atoms with Gasteiger partial charge in [-0.25, -0.2) is 0 Å². The van der Waals surface area contributed by atoms with Crippen LogP contribution in [0.3, 0.4) is 0 Å². The summed E-state index contributed by atoms with van der Waals surface area (Å²) in [5, 5.41) is 0. The van der Waals surface area contributed by atoms with E-state index in [2.05, 4.69) is 0 Å². The monoisotopic (exact) mass is 363 g/mol. The van der Waals surface area contributed by atoms with Crippen LogP contribution in [0.5, 0.6) is 0 Å². The summed E-state index contributed by atoms with van der Waals surface area (Å²) in [7, 11) is 0. The number of alkyl halides is 3. The quantitative estimate of drug-likeness (QED) is 0.657. The van der Waals surface area contributed by atoms with E-state index in [1.807, 2.05) is 74.5 Å². The zero-order valence-electron chi connectivity index (χ0n) is 15.0. The fourth-order valence-electron chi connectivity index (χ4n) is 3.01. The molecule has 0 heterocycles. The highest BCUT2D eigenvalue weighted by Crippen LogP contribution is 2.29. The Morgan fingerprint density at radius 1 is 0.923 bits per heavy atom. The lowest BCUT2D eigenvalue weighted by atomic mass is 9.88. The molecule has 0 fully saturated rings. The fraction of sp³-hybridized carbons (Fsp3) is 0.381. The van der Waals surface area contributed by atoms with Crippen molar-refractivity contribution >= 4 is 5.91 Å². The van der Waals surface area contributed by atoms with Crippen LogP contribution in [-0.2, 0) is 4.79 Å². The van der Waals surface area contributed by atoms with Crippen molar-refractivity contribution in [3.8, 4) is 0 Å². The summed E-state index contributed by atoms with van der Waals surface area (Å²) >= 11 is 0. The maximum Gasteiger partial charge on any atom is 0.406 e. The molecule has 0 N–H and O–H groups in total. The van der Waals surface area contributed by atoms with Crippen LogP contribution in [0.4, 0.5) is 13.2 Å². The Kier molecular flexibility index (Phi) is 6.83. The minimum atomic E-state index is -4.40. The van der Waals surface area contributed by atoms with Gasteiger partial charge in [-0.2, -0.15) is 13.2 Å². The summed E-state index contributed by atoms with van der Waals surface area (Å²) in [5.74, 6) is -0.783. The molecule has 0 saturated heterocycles. The molecule has 2 nitrogen and oxygen atoms in total. The summed E-state index contributed by atoms with van der Waals surface area (Å²) in [5.41, 5.74) is 1.84. The lowest BCUT2D eigenvalue weighted by Crippen LogP contribution is -2.41. The van der Waals surface area contributed by atoms with Crippen molar-refractivity contribution in [2.75, 3.05) is 13.1 Å². The van der Waals surface area contributed by atoms with Crippen LogP contribution in [0.15, 0.2) is 60.7 Å². The predicted molar refractivity (Wildman–Crippen MR) is 96.8 cm³/mol. The summed E-state index contributed by atoms with van der Waals surface area (Å²) in [4.78, 5) is 13.7. The van der Waals surface area contributed by atoms with Gasteiger partial charge in [0.1, 0.15) is 6.54 Å². The second-order valence-corrected chi connectivity index (χ2v) is 6.86. The highest BCUT2D eigenvalue weighted by Gasteiger charge is 2.34. The second-order valence-electron chi connectivity index (χ2n) is 6.86. The Morgan fingerprint density at radius 3 is 1.77 bits per heavy atom. The average molecular weight is 363 g/mol. The van der Waals surface area contributed by atoms with E-state index in [9.17, 15) is 18.0 Å². The van der Waals surface area contributed by atoms with E-state index in [0.29, 0.717) is 0 Å². The number of benzene rings is 2. The zero-order chi connectivity index (χ0) is 19.2. The van der Waals surface area contributed by atoms with Gasteiger partial charge in [0, 0.05) is 18.9 Å². The SMILES string of the molecule is CC(C)CN(CC(F)(F)F)C(=O)CC(c1ccccc1)c1ccccc1. The molecule has 0 spiro atoms. The first-order chi connectivity index (χ1) is 12.3. The maximum atomic E-state index is 12.9. The van der Waals surface area contributed by atoms with Gasteiger partial charge in [-0.3, -0.25) is 4.79 Å². The first-order valence-corrected chi connectivity index (χ1v) is 8.70. The number of carbonyl (C=O) groups is 1. The molecular weight excluding hydrogens is 339 g/mol. The Bertz CT molecular complexity index is 644. The van der Waals surface area contributed by atoms with E-state index in [4.69, 9.17) is 0 Å². The molecule has 0 unspecified atom stereocenters. The Balaban J connectivity index is 2.26. The molecule has 0 saturated carbocycles. The van der Waals surface area contributed by atoms with E-state index in [1.54, 1.807) is 0 Å². The molecular formula is C21H24F3NO. The van der Waals surface area contributed by atoms with E-state index in [0.717, 1.165) is 16.0 Å². The molecule has 0 atom stereocenters. The summed E-state index contributed by atoms with van der Waals surface area (Å²) < 4.78 is 38.7. The lowest BCUT2D eigenvalue weighted by molar-refractivity contribution is -0.162. The molecule has 1 amide bonds. The third-order valence-electron chi connectivity index (χ3n) is 4.09. The van der Waals surface area contributed by atoms with E-state index in [-0.39, 0.29) is 24.8 Å². The Hall–Kier alpha value is -2.30. The third kappa shape index (κ3) is 6.21. The normalized spacial score (nSPS) is 11.8. The van der Waals surface area contributed by atoms with Crippen LogP contribution >= 0.6 is 0 Å². The van der Waals surface area contributed by atoms with Crippen molar-refractivity contribution in [3.63, 3.8) is 0 Å². The summed E-state index contributed by atoms with van der Waals surface area (Å²) in [6.45, 7) is 2.50. The molecule has 0 bridgehead atoms. The minimum Gasteiger partial charge on any atom is -0.333 e. The topological polar surface area (TPSA) is 20.3 Å². The molecule has 2 rings (SSSR count). The predicted octanol–water partition coefficient (Wildman–Crippen LogP) is 5.26. The molecule has 2 aromatic rings. The first kappa shape index (κ1) is 20.0. The van der Waals surface area contributed by atoms with Gasteiger partial charge >= 0.3 is 6.18 Å². The van der Waals surface area contributed by atoms with Crippen LogP contribution in [0.1, 0.15) is 37.3 Å². The van der Waals surface area contributed by atoms with Gasteiger partial charge < -0.3 is 4.90 Å². The first-order valence-electron chi connectivity index (χ1n) is 8.70.